The second-order valence-electron chi connectivity index (χ2n) is 6.76. The van der Waals surface area contributed by atoms with Gasteiger partial charge in [-0.2, -0.15) is 5.10 Å². The maximum Gasteiger partial charge on any atom is 0.229 e. The lowest BCUT2D eigenvalue weighted by atomic mass is 9.95. The number of rotatable bonds is 3. The van der Waals surface area contributed by atoms with Gasteiger partial charge in [0.15, 0.2) is 0 Å². The van der Waals surface area contributed by atoms with E-state index in [2.05, 4.69) is 10.4 Å². The molecule has 3 rings (SSSR count). The van der Waals surface area contributed by atoms with Gasteiger partial charge in [0.2, 0.25) is 5.91 Å². The Morgan fingerprint density at radius 3 is 2.38 bits per heavy atom. The Hall–Kier alpha value is -2.88. The van der Waals surface area contributed by atoms with E-state index in [1.807, 2.05) is 92.4 Å². The summed E-state index contributed by atoms with van der Waals surface area (Å²) in [6.07, 6.45) is 3.78. The minimum Gasteiger partial charge on any atom is -0.325 e. The van der Waals surface area contributed by atoms with E-state index in [1.165, 1.54) is 0 Å². The lowest BCUT2D eigenvalue weighted by Gasteiger charge is -2.19. The second-order valence-corrected chi connectivity index (χ2v) is 6.76. The van der Waals surface area contributed by atoms with Gasteiger partial charge in [-0.15, -0.1) is 0 Å². The third-order valence-electron chi connectivity index (χ3n) is 3.77. The summed E-state index contributed by atoms with van der Waals surface area (Å²) in [5, 5.41) is 7.46. The van der Waals surface area contributed by atoms with Crippen LogP contribution in [-0.2, 0) is 4.79 Å². The Morgan fingerprint density at radius 1 is 1.00 bits per heavy atom. The number of nitrogens with one attached hydrogen (secondary N) is 1. The minimum atomic E-state index is -0.443. The van der Waals surface area contributed by atoms with Crippen molar-refractivity contribution in [2.24, 2.45) is 5.41 Å². The van der Waals surface area contributed by atoms with Crippen LogP contribution >= 0.6 is 0 Å². The van der Waals surface area contributed by atoms with Crippen molar-refractivity contribution in [3.8, 4) is 16.8 Å². The Bertz CT molecular complexity index is 845. The maximum absolute atomic E-state index is 12.3. The van der Waals surface area contributed by atoms with E-state index in [4.69, 9.17) is 0 Å². The first-order valence-corrected chi connectivity index (χ1v) is 7.96. The van der Waals surface area contributed by atoms with Gasteiger partial charge in [-0.3, -0.25) is 4.79 Å². The van der Waals surface area contributed by atoms with Crippen LogP contribution in [-0.4, -0.2) is 15.7 Å². The fourth-order valence-electron chi connectivity index (χ4n) is 2.34. The molecular formula is C20H21N3O. The molecule has 0 saturated carbocycles. The summed E-state index contributed by atoms with van der Waals surface area (Å²) < 4.78 is 1.83. The summed E-state index contributed by atoms with van der Waals surface area (Å²) in [6, 6.07) is 17.7. The molecule has 0 radical (unpaired) electrons. The van der Waals surface area contributed by atoms with Crippen LogP contribution in [0.3, 0.4) is 0 Å². The van der Waals surface area contributed by atoms with Crippen LogP contribution < -0.4 is 5.32 Å². The molecule has 0 spiro atoms. The number of nitrogens with zero attached hydrogens (tertiary/aromatic N) is 2. The molecule has 0 fully saturated rings. The first-order chi connectivity index (χ1) is 11.4. The number of carbonyl (C=O) groups is 1. The van der Waals surface area contributed by atoms with Crippen molar-refractivity contribution in [1.82, 2.24) is 9.78 Å². The molecule has 1 N–H and O–H groups in total. The molecule has 0 saturated heterocycles. The Balaban J connectivity index is 1.94. The highest BCUT2D eigenvalue weighted by molar-refractivity contribution is 5.98. The third-order valence-corrected chi connectivity index (χ3v) is 3.77. The third kappa shape index (κ3) is 3.38. The number of anilines is 1. The van der Waals surface area contributed by atoms with Gasteiger partial charge in [0.05, 0.1) is 11.9 Å². The summed E-state index contributed by atoms with van der Waals surface area (Å²) in [7, 11) is 0. The smallest absolute Gasteiger partial charge is 0.229 e. The maximum atomic E-state index is 12.3. The van der Waals surface area contributed by atoms with Crippen molar-refractivity contribution in [1.29, 1.82) is 0 Å². The van der Waals surface area contributed by atoms with E-state index in [9.17, 15) is 4.79 Å². The van der Waals surface area contributed by atoms with Crippen LogP contribution in [0.5, 0.6) is 0 Å². The molecule has 0 atom stereocenters. The Morgan fingerprint density at radius 2 is 1.67 bits per heavy atom. The first kappa shape index (κ1) is 16.0. The van der Waals surface area contributed by atoms with Crippen molar-refractivity contribution in [2.45, 2.75) is 20.8 Å². The van der Waals surface area contributed by atoms with Crippen LogP contribution in [0.2, 0.25) is 0 Å². The first-order valence-electron chi connectivity index (χ1n) is 7.96. The predicted molar refractivity (Wildman–Crippen MR) is 97.1 cm³/mol. The van der Waals surface area contributed by atoms with E-state index in [-0.39, 0.29) is 5.91 Å². The molecule has 0 aliphatic heterocycles. The number of carbonyl (C=O) groups excluding carboxylic acids is 1. The van der Waals surface area contributed by atoms with Crippen LogP contribution in [0.1, 0.15) is 20.8 Å². The van der Waals surface area contributed by atoms with Gasteiger partial charge in [0.1, 0.15) is 0 Å². The molecule has 1 aromatic heterocycles. The van der Waals surface area contributed by atoms with E-state index in [1.54, 1.807) is 0 Å². The Kier molecular flexibility index (Phi) is 4.21. The molecule has 1 amide bonds. The second kappa shape index (κ2) is 6.32. The van der Waals surface area contributed by atoms with Crippen LogP contribution in [0.4, 0.5) is 5.69 Å². The zero-order valence-corrected chi connectivity index (χ0v) is 14.2. The molecule has 24 heavy (non-hydrogen) atoms. The normalized spacial score (nSPS) is 11.3. The summed E-state index contributed by atoms with van der Waals surface area (Å²) in [4.78, 5) is 12.3. The van der Waals surface area contributed by atoms with E-state index in [0.29, 0.717) is 0 Å². The number of hydrogen-bond donors (Lipinski definition) is 1. The quantitative estimate of drug-likeness (QED) is 0.771. The largest absolute Gasteiger partial charge is 0.325 e. The summed E-state index contributed by atoms with van der Waals surface area (Å²) >= 11 is 0. The minimum absolute atomic E-state index is 0.00889. The summed E-state index contributed by atoms with van der Waals surface area (Å²) in [6.45, 7) is 5.70. The van der Waals surface area contributed by atoms with Crippen LogP contribution in [0.15, 0.2) is 67.0 Å². The van der Waals surface area contributed by atoms with Crippen molar-refractivity contribution in [2.75, 3.05) is 5.32 Å². The molecule has 3 aromatic rings. The molecule has 2 aromatic carbocycles. The van der Waals surface area contributed by atoms with Crippen molar-refractivity contribution >= 4 is 11.6 Å². The number of hydrogen-bond acceptors (Lipinski definition) is 2. The SMILES string of the molecule is CC(C)(C)C(=O)Nc1ccccc1-c1cnn(-c2ccccc2)c1. The number of benzene rings is 2. The number of amides is 1. The average molecular weight is 319 g/mol. The predicted octanol–water partition coefficient (Wildman–Crippen LogP) is 4.52. The number of aromatic nitrogens is 2. The van der Waals surface area contributed by atoms with Gasteiger partial charge in [0.25, 0.3) is 0 Å². The van der Waals surface area contributed by atoms with Crippen molar-refractivity contribution < 1.29 is 4.79 Å². The molecular weight excluding hydrogens is 298 g/mol. The van der Waals surface area contributed by atoms with Crippen LogP contribution in [0.25, 0.3) is 16.8 Å². The number of para-hydroxylation sites is 2. The van der Waals surface area contributed by atoms with Gasteiger partial charge in [-0.05, 0) is 18.2 Å². The molecule has 1 heterocycles. The topological polar surface area (TPSA) is 46.9 Å². The van der Waals surface area contributed by atoms with Gasteiger partial charge in [-0.1, -0.05) is 57.2 Å². The van der Waals surface area contributed by atoms with Gasteiger partial charge >= 0.3 is 0 Å². The van der Waals surface area contributed by atoms with E-state index in [0.717, 1.165) is 22.5 Å². The highest BCUT2D eigenvalue weighted by Crippen LogP contribution is 2.29. The van der Waals surface area contributed by atoms with Crippen molar-refractivity contribution in [3.05, 3.63) is 67.0 Å². The zero-order chi connectivity index (χ0) is 17.2. The van der Waals surface area contributed by atoms with Crippen molar-refractivity contribution in [3.63, 3.8) is 0 Å². The molecule has 0 aliphatic rings. The van der Waals surface area contributed by atoms with E-state index < -0.39 is 5.41 Å². The van der Waals surface area contributed by atoms with Gasteiger partial charge in [0, 0.05) is 28.4 Å². The zero-order valence-electron chi connectivity index (χ0n) is 14.2. The van der Waals surface area contributed by atoms with Gasteiger partial charge in [-0.25, -0.2) is 4.68 Å². The van der Waals surface area contributed by atoms with E-state index >= 15 is 0 Å². The molecule has 4 heteroatoms. The molecule has 0 aliphatic carbocycles. The summed E-state index contributed by atoms with van der Waals surface area (Å²) in [5.74, 6) is -0.00889. The standard InChI is InChI=1S/C20H21N3O/c1-20(2,3)19(24)22-18-12-8-7-11-17(18)15-13-21-23(14-15)16-9-5-4-6-10-16/h4-14H,1-3H3,(H,22,24). The molecule has 4 nitrogen and oxygen atoms in total. The highest BCUT2D eigenvalue weighted by atomic mass is 16.2. The fourth-order valence-corrected chi connectivity index (χ4v) is 2.34. The highest BCUT2D eigenvalue weighted by Gasteiger charge is 2.22. The molecule has 122 valence electrons. The monoisotopic (exact) mass is 319 g/mol. The summed E-state index contributed by atoms with van der Waals surface area (Å²) in [5.41, 5.74) is 3.27. The van der Waals surface area contributed by atoms with Gasteiger partial charge < -0.3 is 5.32 Å². The fraction of sp³-hybridized carbons (Fsp3) is 0.200. The lowest BCUT2D eigenvalue weighted by molar-refractivity contribution is -0.123. The molecule has 0 unspecified atom stereocenters. The lowest BCUT2D eigenvalue weighted by Crippen LogP contribution is -2.27. The average Bonchev–Trinajstić information content (AvgIpc) is 3.05. The van der Waals surface area contributed by atoms with Crippen LogP contribution in [0, 0.1) is 5.41 Å². The molecule has 0 bridgehead atoms. The Labute approximate surface area is 142 Å².